The first-order chi connectivity index (χ1) is 8.89. The number of hydrogen-bond acceptors (Lipinski definition) is 2. The smallest absolute Gasteiger partial charge is 0.0810 e. The van der Waals surface area contributed by atoms with Gasteiger partial charge in [-0.25, -0.2) is 0 Å². The number of ether oxygens (including phenoxy) is 1. The summed E-state index contributed by atoms with van der Waals surface area (Å²) in [5.41, 5.74) is 0.309. The SMILES string of the molecule is CC1CCC(CNC(C)(C)C)(OC2CCCC2)CC1. The van der Waals surface area contributed by atoms with E-state index in [4.69, 9.17) is 4.74 Å². The van der Waals surface area contributed by atoms with Gasteiger partial charge < -0.3 is 10.1 Å². The summed E-state index contributed by atoms with van der Waals surface area (Å²) >= 11 is 0. The standard InChI is InChI=1S/C17H33NO/c1-14-9-11-17(12-10-14,13-18-16(2,3)4)19-15-7-5-6-8-15/h14-15,18H,5-13H2,1-4H3. The molecule has 0 bridgehead atoms. The number of hydrogen-bond donors (Lipinski definition) is 1. The predicted octanol–water partition coefficient (Wildman–Crippen LogP) is 4.28. The van der Waals surface area contributed by atoms with Crippen molar-refractivity contribution in [3.05, 3.63) is 0 Å². The van der Waals surface area contributed by atoms with Crippen LogP contribution in [-0.4, -0.2) is 23.8 Å². The van der Waals surface area contributed by atoms with E-state index in [2.05, 4.69) is 33.0 Å². The summed E-state index contributed by atoms with van der Waals surface area (Å²) in [6, 6.07) is 0. The molecular weight excluding hydrogens is 234 g/mol. The largest absolute Gasteiger partial charge is 0.370 e. The molecule has 2 saturated carbocycles. The molecule has 0 amide bonds. The van der Waals surface area contributed by atoms with Crippen LogP contribution in [0.1, 0.15) is 79.1 Å². The van der Waals surface area contributed by atoms with Crippen LogP contribution >= 0.6 is 0 Å². The third-order valence-electron chi connectivity index (χ3n) is 4.85. The van der Waals surface area contributed by atoms with Crippen molar-refractivity contribution in [2.75, 3.05) is 6.54 Å². The molecule has 2 nitrogen and oxygen atoms in total. The van der Waals surface area contributed by atoms with Crippen LogP contribution in [0, 0.1) is 5.92 Å². The van der Waals surface area contributed by atoms with Crippen LogP contribution in [0.4, 0.5) is 0 Å². The van der Waals surface area contributed by atoms with Gasteiger partial charge in [-0.3, -0.25) is 0 Å². The molecule has 2 heteroatoms. The van der Waals surface area contributed by atoms with Gasteiger partial charge in [-0.05, 0) is 65.2 Å². The maximum absolute atomic E-state index is 6.62. The van der Waals surface area contributed by atoms with Gasteiger partial charge in [0.25, 0.3) is 0 Å². The van der Waals surface area contributed by atoms with Crippen molar-refractivity contribution in [2.24, 2.45) is 5.92 Å². The van der Waals surface area contributed by atoms with Crippen molar-refractivity contribution in [1.29, 1.82) is 0 Å². The molecule has 2 fully saturated rings. The molecule has 0 saturated heterocycles. The fourth-order valence-corrected chi connectivity index (χ4v) is 3.41. The minimum atomic E-state index is 0.120. The van der Waals surface area contributed by atoms with E-state index in [0.29, 0.717) is 6.10 Å². The van der Waals surface area contributed by atoms with E-state index < -0.39 is 0 Å². The third kappa shape index (κ3) is 4.75. The van der Waals surface area contributed by atoms with Gasteiger partial charge in [0.15, 0.2) is 0 Å². The van der Waals surface area contributed by atoms with Crippen LogP contribution < -0.4 is 5.32 Å². The predicted molar refractivity (Wildman–Crippen MR) is 81.5 cm³/mol. The lowest BCUT2D eigenvalue weighted by Gasteiger charge is -2.43. The molecule has 0 heterocycles. The van der Waals surface area contributed by atoms with Crippen molar-refractivity contribution in [3.8, 4) is 0 Å². The van der Waals surface area contributed by atoms with Crippen LogP contribution in [0.5, 0.6) is 0 Å². The summed E-state index contributed by atoms with van der Waals surface area (Å²) < 4.78 is 6.62. The van der Waals surface area contributed by atoms with Crippen molar-refractivity contribution < 1.29 is 4.74 Å². The molecule has 0 atom stereocenters. The lowest BCUT2D eigenvalue weighted by molar-refractivity contribution is -0.116. The summed E-state index contributed by atoms with van der Waals surface area (Å²) in [4.78, 5) is 0. The van der Waals surface area contributed by atoms with Crippen molar-refractivity contribution >= 4 is 0 Å². The number of nitrogens with one attached hydrogen (secondary N) is 1. The van der Waals surface area contributed by atoms with E-state index in [9.17, 15) is 0 Å². The Morgan fingerprint density at radius 2 is 1.63 bits per heavy atom. The van der Waals surface area contributed by atoms with Crippen molar-refractivity contribution in [1.82, 2.24) is 5.32 Å². The Bertz CT molecular complexity index is 267. The van der Waals surface area contributed by atoms with Crippen LogP contribution in [0.2, 0.25) is 0 Å². The second kappa shape index (κ2) is 6.13. The van der Waals surface area contributed by atoms with Crippen LogP contribution in [-0.2, 0) is 4.74 Å². The van der Waals surface area contributed by atoms with E-state index in [0.717, 1.165) is 12.5 Å². The Kier molecular flexibility index (Phi) is 4.94. The quantitative estimate of drug-likeness (QED) is 0.820. The lowest BCUT2D eigenvalue weighted by Crippen LogP contribution is -2.52. The van der Waals surface area contributed by atoms with Gasteiger partial charge in [0.1, 0.15) is 0 Å². The second-order valence-corrected chi connectivity index (χ2v) is 7.99. The summed E-state index contributed by atoms with van der Waals surface area (Å²) in [6.45, 7) is 10.2. The van der Waals surface area contributed by atoms with Gasteiger partial charge >= 0.3 is 0 Å². The lowest BCUT2D eigenvalue weighted by atomic mass is 9.79. The zero-order chi connectivity index (χ0) is 13.9. The van der Waals surface area contributed by atoms with E-state index in [1.807, 2.05) is 0 Å². The third-order valence-corrected chi connectivity index (χ3v) is 4.85. The topological polar surface area (TPSA) is 21.3 Å². The normalized spacial score (nSPS) is 33.8. The first-order valence-electron chi connectivity index (χ1n) is 8.31. The van der Waals surface area contributed by atoms with Gasteiger partial charge in [-0.2, -0.15) is 0 Å². The molecule has 2 aliphatic carbocycles. The monoisotopic (exact) mass is 267 g/mol. The zero-order valence-electron chi connectivity index (χ0n) is 13.4. The van der Waals surface area contributed by atoms with Crippen LogP contribution in [0.25, 0.3) is 0 Å². The molecule has 0 aromatic heterocycles. The van der Waals surface area contributed by atoms with E-state index in [-0.39, 0.29) is 11.1 Å². The number of rotatable bonds is 4. The summed E-state index contributed by atoms with van der Waals surface area (Å²) in [5.74, 6) is 0.884. The van der Waals surface area contributed by atoms with E-state index >= 15 is 0 Å². The first-order valence-corrected chi connectivity index (χ1v) is 8.31. The molecule has 0 aromatic carbocycles. The van der Waals surface area contributed by atoms with Gasteiger partial charge in [0.05, 0.1) is 11.7 Å². The van der Waals surface area contributed by atoms with Crippen molar-refractivity contribution in [3.63, 3.8) is 0 Å². The highest BCUT2D eigenvalue weighted by Gasteiger charge is 2.38. The Morgan fingerprint density at radius 3 is 2.16 bits per heavy atom. The fourth-order valence-electron chi connectivity index (χ4n) is 3.41. The zero-order valence-corrected chi connectivity index (χ0v) is 13.4. The molecular formula is C17H33NO. The molecule has 1 N–H and O–H groups in total. The Hall–Kier alpha value is -0.0800. The highest BCUT2D eigenvalue weighted by Crippen LogP contribution is 2.38. The minimum absolute atomic E-state index is 0.120. The maximum Gasteiger partial charge on any atom is 0.0810 e. The molecule has 2 rings (SSSR count). The maximum atomic E-state index is 6.62. The molecule has 0 aromatic rings. The Morgan fingerprint density at radius 1 is 1.05 bits per heavy atom. The van der Waals surface area contributed by atoms with Crippen LogP contribution in [0.15, 0.2) is 0 Å². The highest BCUT2D eigenvalue weighted by molar-refractivity contribution is 4.92. The Balaban J connectivity index is 1.95. The molecule has 2 aliphatic rings. The Labute approximate surface area is 119 Å². The van der Waals surface area contributed by atoms with E-state index in [1.54, 1.807) is 0 Å². The summed E-state index contributed by atoms with van der Waals surface area (Å²) in [7, 11) is 0. The fraction of sp³-hybridized carbons (Fsp3) is 1.00. The van der Waals surface area contributed by atoms with Crippen LogP contribution in [0.3, 0.4) is 0 Å². The van der Waals surface area contributed by atoms with Crippen molar-refractivity contribution in [2.45, 2.75) is 96.3 Å². The van der Waals surface area contributed by atoms with Gasteiger partial charge in [-0.15, -0.1) is 0 Å². The second-order valence-electron chi connectivity index (χ2n) is 7.99. The van der Waals surface area contributed by atoms with Gasteiger partial charge in [0, 0.05) is 12.1 Å². The molecule has 0 aliphatic heterocycles. The van der Waals surface area contributed by atoms with Gasteiger partial charge in [0.2, 0.25) is 0 Å². The molecule has 19 heavy (non-hydrogen) atoms. The average molecular weight is 267 g/mol. The van der Waals surface area contributed by atoms with E-state index in [1.165, 1.54) is 51.4 Å². The van der Waals surface area contributed by atoms with Gasteiger partial charge in [-0.1, -0.05) is 19.8 Å². The highest BCUT2D eigenvalue weighted by atomic mass is 16.5. The summed E-state index contributed by atoms with van der Waals surface area (Å²) in [6.07, 6.45) is 11.0. The minimum Gasteiger partial charge on any atom is -0.370 e. The first kappa shape index (κ1) is 15.3. The molecule has 0 unspecified atom stereocenters. The summed E-state index contributed by atoms with van der Waals surface area (Å²) in [5, 5.41) is 3.70. The molecule has 0 spiro atoms. The average Bonchev–Trinajstić information content (AvgIpc) is 2.82. The molecule has 0 radical (unpaired) electrons. The molecule has 112 valence electrons.